The lowest BCUT2D eigenvalue weighted by molar-refractivity contribution is 0.0696. The number of ether oxygens (including phenoxy) is 2. The SMILES string of the molecule is CCCCCCOc1ccc(-c2ccc(C(=O)Oc3ccc(C(=O)O)cc3)cc2)cc1. The molecular formula is C26H26O5. The lowest BCUT2D eigenvalue weighted by atomic mass is 10.0. The van der Waals surface area contributed by atoms with Crippen molar-refractivity contribution in [2.24, 2.45) is 0 Å². The fourth-order valence-electron chi connectivity index (χ4n) is 3.09. The van der Waals surface area contributed by atoms with Crippen molar-refractivity contribution >= 4 is 11.9 Å². The molecule has 0 atom stereocenters. The molecule has 3 aromatic carbocycles. The maximum absolute atomic E-state index is 12.3. The maximum Gasteiger partial charge on any atom is 0.343 e. The number of hydrogen-bond donors (Lipinski definition) is 1. The molecule has 0 radical (unpaired) electrons. The molecule has 0 heterocycles. The van der Waals surface area contributed by atoms with Crippen molar-refractivity contribution in [2.75, 3.05) is 6.61 Å². The predicted octanol–water partition coefficient (Wildman–Crippen LogP) is 6.23. The van der Waals surface area contributed by atoms with Crippen LogP contribution in [0.5, 0.6) is 11.5 Å². The summed E-state index contributed by atoms with van der Waals surface area (Å²) in [7, 11) is 0. The molecule has 1 N–H and O–H groups in total. The smallest absolute Gasteiger partial charge is 0.343 e. The lowest BCUT2D eigenvalue weighted by Crippen LogP contribution is -2.08. The highest BCUT2D eigenvalue weighted by molar-refractivity contribution is 5.92. The quantitative estimate of drug-likeness (QED) is 0.240. The van der Waals surface area contributed by atoms with Crippen LogP contribution in [0, 0.1) is 0 Å². The molecule has 0 unspecified atom stereocenters. The second-order valence-corrected chi connectivity index (χ2v) is 7.23. The van der Waals surface area contributed by atoms with E-state index < -0.39 is 11.9 Å². The van der Waals surface area contributed by atoms with Crippen LogP contribution in [-0.2, 0) is 0 Å². The summed E-state index contributed by atoms with van der Waals surface area (Å²) in [6.45, 7) is 2.92. The van der Waals surface area contributed by atoms with E-state index in [1.165, 1.54) is 43.5 Å². The third-order valence-corrected chi connectivity index (χ3v) is 4.89. The number of carboxylic acids is 1. The summed E-state index contributed by atoms with van der Waals surface area (Å²) in [5.41, 5.74) is 2.56. The maximum atomic E-state index is 12.3. The molecular weight excluding hydrogens is 392 g/mol. The van der Waals surface area contributed by atoms with Gasteiger partial charge in [-0.2, -0.15) is 0 Å². The first-order chi connectivity index (χ1) is 15.1. The van der Waals surface area contributed by atoms with Gasteiger partial charge in [0.1, 0.15) is 11.5 Å². The Bertz CT molecular complexity index is 989. The molecule has 0 saturated carbocycles. The summed E-state index contributed by atoms with van der Waals surface area (Å²) in [5.74, 6) is -0.375. The Morgan fingerprint density at radius 1 is 0.710 bits per heavy atom. The van der Waals surface area contributed by atoms with E-state index in [2.05, 4.69) is 6.92 Å². The molecule has 0 saturated heterocycles. The topological polar surface area (TPSA) is 72.8 Å². The minimum Gasteiger partial charge on any atom is -0.494 e. The van der Waals surface area contributed by atoms with Crippen molar-refractivity contribution in [1.29, 1.82) is 0 Å². The van der Waals surface area contributed by atoms with E-state index in [9.17, 15) is 9.59 Å². The third kappa shape index (κ3) is 6.44. The largest absolute Gasteiger partial charge is 0.494 e. The molecule has 3 rings (SSSR count). The van der Waals surface area contributed by atoms with Crippen LogP contribution in [0.15, 0.2) is 72.8 Å². The first-order valence-corrected chi connectivity index (χ1v) is 10.5. The van der Waals surface area contributed by atoms with Crippen LogP contribution in [-0.4, -0.2) is 23.7 Å². The van der Waals surface area contributed by atoms with Gasteiger partial charge in [-0.25, -0.2) is 9.59 Å². The zero-order valence-corrected chi connectivity index (χ0v) is 17.5. The molecule has 0 aliphatic carbocycles. The predicted molar refractivity (Wildman–Crippen MR) is 120 cm³/mol. The van der Waals surface area contributed by atoms with E-state index in [1.807, 2.05) is 36.4 Å². The van der Waals surface area contributed by atoms with Crippen LogP contribution in [0.2, 0.25) is 0 Å². The van der Waals surface area contributed by atoms with Crippen LogP contribution in [0.3, 0.4) is 0 Å². The summed E-state index contributed by atoms with van der Waals surface area (Å²) < 4.78 is 11.1. The lowest BCUT2D eigenvalue weighted by Gasteiger charge is -2.08. The van der Waals surface area contributed by atoms with Gasteiger partial charge >= 0.3 is 11.9 Å². The highest BCUT2D eigenvalue weighted by atomic mass is 16.5. The minimum absolute atomic E-state index is 0.136. The Morgan fingerprint density at radius 2 is 1.26 bits per heavy atom. The highest BCUT2D eigenvalue weighted by Gasteiger charge is 2.10. The van der Waals surface area contributed by atoms with E-state index in [0.717, 1.165) is 29.9 Å². The number of hydrogen-bond acceptors (Lipinski definition) is 4. The van der Waals surface area contributed by atoms with Crippen molar-refractivity contribution in [3.8, 4) is 22.6 Å². The van der Waals surface area contributed by atoms with E-state index in [-0.39, 0.29) is 5.56 Å². The van der Waals surface area contributed by atoms with Gasteiger partial charge in [0, 0.05) is 0 Å². The Hall–Kier alpha value is -3.60. The van der Waals surface area contributed by atoms with Gasteiger partial charge in [-0.15, -0.1) is 0 Å². The summed E-state index contributed by atoms with van der Waals surface area (Å²) in [5, 5.41) is 8.92. The second-order valence-electron chi connectivity index (χ2n) is 7.23. The number of rotatable bonds is 10. The summed E-state index contributed by atoms with van der Waals surface area (Å²) in [6.07, 6.45) is 4.71. The van der Waals surface area contributed by atoms with Crippen LogP contribution >= 0.6 is 0 Å². The van der Waals surface area contributed by atoms with Gasteiger partial charge in [-0.1, -0.05) is 50.5 Å². The molecule has 160 valence electrons. The van der Waals surface area contributed by atoms with Gasteiger partial charge in [0.05, 0.1) is 17.7 Å². The van der Waals surface area contributed by atoms with Gasteiger partial charge in [-0.05, 0) is 66.1 Å². The van der Waals surface area contributed by atoms with E-state index in [0.29, 0.717) is 11.3 Å². The minimum atomic E-state index is -1.03. The van der Waals surface area contributed by atoms with Crippen molar-refractivity contribution in [3.05, 3.63) is 83.9 Å². The first kappa shape index (κ1) is 22.1. The number of unbranched alkanes of at least 4 members (excludes halogenated alkanes) is 3. The van der Waals surface area contributed by atoms with Crippen LogP contribution in [0.25, 0.3) is 11.1 Å². The van der Waals surface area contributed by atoms with E-state index >= 15 is 0 Å². The Balaban J connectivity index is 1.56. The zero-order valence-electron chi connectivity index (χ0n) is 17.5. The molecule has 0 amide bonds. The van der Waals surface area contributed by atoms with Gasteiger partial charge in [-0.3, -0.25) is 0 Å². The number of aromatic carboxylic acids is 1. The molecule has 31 heavy (non-hydrogen) atoms. The van der Waals surface area contributed by atoms with Crippen LogP contribution in [0.4, 0.5) is 0 Å². The average molecular weight is 418 g/mol. The molecule has 0 aliphatic rings. The number of esters is 1. The van der Waals surface area contributed by atoms with Crippen molar-refractivity contribution < 1.29 is 24.2 Å². The first-order valence-electron chi connectivity index (χ1n) is 10.5. The van der Waals surface area contributed by atoms with Crippen LogP contribution in [0.1, 0.15) is 53.3 Å². The van der Waals surface area contributed by atoms with Crippen LogP contribution < -0.4 is 9.47 Å². The molecule has 0 aromatic heterocycles. The third-order valence-electron chi connectivity index (χ3n) is 4.89. The summed E-state index contributed by atoms with van der Waals surface area (Å²) in [4.78, 5) is 23.2. The standard InChI is InChI=1S/C26H26O5/c1-2-3-4-5-18-30-23-14-10-20(11-15-23)19-6-8-22(9-7-19)26(29)31-24-16-12-21(13-17-24)25(27)28/h6-17H,2-5,18H2,1H3,(H,27,28). The number of carboxylic acid groups (broad SMARTS) is 1. The number of benzene rings is 3. The Kier molecular flexibility index (Phi) is 7.82. The molecule has 0 spiro atoms. The molecule has 5 heteroatoms. The zero-order chi connectivity index (χ0) is 22.1. The van der Waals surface area contributed by atoms with Gasteiger partial charge < -0.3 is 14.6 Å². The number of carbonyl (C=O) groups excluding carboxylic acids is 1. The van der Waals surface area contributed by atoms with Gasteiger partial charge in [0.2, 0.25) is 0 Å². The molecule has 5 nitrogen and oxygen atoms in total. The van der Waals surface area contributed by atoms with Crippen molar-refractivity contribution in [3.63, 3.8) is 0 Å². The highest BCUT2D eigenvalue weighted by Crippen LogP contribution is 2.24. The van der Waals surface area contributed by atoms with Crippen molar-refractivity contribution in [1.82, 2.24) is 0 Å². The van der Waals surface area contributed by atoms with E-state index in [1.54, 1.807) is 12.1 Å². The van der Waals surface area contributed by atoms with Gasteiger partial charge in [0.15, 0.2) is 0 Å². The molecule has 3 aromatic rings. The summed E-state index contributed by atoms with van der Waals surface area (Å²) >= 11 is 0. The second kappa shape index (κ2) is 11.0. The fraction of sp³-hybridized carbons (Fsp3) is 0.231. The summed E-state index contributed by atoms with van der Waals surface area (Å²) in [6, 6.07) is 20.8. The number of carbonyl (C=O) groups is 2. The van der Waals surface area contributed by atoms with E-state index in [4.69, 9.17) is 14.6 Å². The molecule has 0 bridgehead atoms. The normalized spacial score (nSPS) is 10.5. The van der Waals surface area contributed by atoms with Crippen molar-refractivity contribution in [2.45, 2.75) is 32.6 Å². The monoisotopic (exact) mass is 418 g/mol. The Morgan fingerprint density at radius 3 is 1.84 bits per heavy atom. The molecule has 0 fully saturated rings. The Labute approximate surface area is 182 Å². The average Bonchev–Trinajstić information content (AvgIpc) is 2.80. The fourth-order valence-corrected chi connectivity index (χ4v) is 3.09. The molecule has 0 aliphatic heterocycles. The van der Waals surface area contributed by atoms with Gasteiger partial charge in [0.25, 0.3) is 0 Å².